The van der Waals surface area contributed by atoms with Crippen molar-refractivity contribution in [1.82, 2.24) is 16.0 Å². The zero-order chi connectivity index (χ0) is 25.3. The van der Waals surface area contributed by atoms with Crippen LogP contribution in [-0.2, 0) is 28.6 Å². The van der Waals surface area contributed by atoms with E-state index >= 15 is 0 Å². The number of carbonyl (C=O) groups excluding carboxylic acids is 3. The van der Waals surface area contributed by atoms with Crippen molar-refractivity contribution < 1.29 is 28.6 Å². The molecule has 0 radical (unpaired) electrons. The van der Waals surface area contributed by atoms with E-state index in [0.29, 0.717) is 46.1 Å². The third kappa shape index (κ3) is 14.3. The summed E-state index contributed by atoms with van der Waals surface area (Å²) in [6, 6.07) is -0.555. The van der Waals surface area contributed by atoms with Gasteiger partial charge in [-0.1, -0.05) is 26.7 Å². The van der Waals surface area contributed by atoms with Gasteiger partial charge in [-0.15, -0.1) is 0 Å². The topological polar surface area (TPSA) is 115 Å². The van der Waals surface area contributed by atoms with Crippen LogP contribution in [0.5, 0.6) is 0 Å². The minimum atomic E-state index is -0.452. The zero-order valence-electron chi connectivity index (χ0n) is 20.5. The van der Waals surface area contributed by atoms with Gasteiger partial charge in [0.1, 0.15) is 0 Å². The molecule has 0 aromatic rings. The molecule has 0 fully saturated rings. The quantitative estimate of drug-likeness (QED) is 0.248. The molecule has 0 aliphatic rings. The van der Waals surface area contributed by atoms with Crippen LogP contribution >= 0.6 is 0 Å². The van der Waals surface area contributed by atoms with Gasteiger partial charge in [-0.05, 0) is 45.4 Å². The van der Waals surface area contributed by atoms with Gasteiger partial charge in [-0.25, -0.2) is 0 Å². The van der Waals surface area contributed by atoms with Gasteiger partial charge in [-0.2, -0.15) is 0 Å². The van der Waals surface area contributed by atoms with Crippen molar-refractivity contribution in [2.24, 2.45) is 5.41 Å². The number of rotatable bonds is 19. The lowest BCUT2D eigenvalue weighted by Gasteiger charge is -2.33. The average molecular weight is 468 g/mol. The molecule has 0 heterocycles. The first kappa shape index (κ1) is 30.5. The average Bonchev–Trinajstić information content (AvgIpc) is 2.78. The Hall–Kier alpha value is -2.49. The van der Waals surface area contributed by atoms with E-state index in [1.807, 2.05) is 27.7 Å². The van der Waals surface area contributed by atoms with Crippen molar-refractivity contribution in [2.75, 3.05) is 39.6 Å². The Morgan fingerprint density at radius 1 is 0.697 bits per heavy atom. The number of hydrogen-bond acceptors (Lipinski definition) is 6. The van der Waals surface area contributed by atoms with Crippen molar-refractivity contribution in [1.29, 1.82) is 0 Å². The molecule has 0 aromatic heterocycles. The maximum atomic E-state index is 11.4. The number of amides is 3. The van der Waals surface area contributed by atoms with E-state index in [1.54, 1.807) is 0 Å². The molecule has 0 aromatic carbocycles. The Morgan fingerprint density at radius 3 is 1.18 bits per heavy atom. The van der Waals surface area contributed by atoms with Gasteiger partial charge in [-0.3, -0.25) is 14.4 Å². The van der Waals surface area contributed by atoms with Crippen molar-refractivity contribution in [2.45, 2.75) is 52.2 Å². The molecule has 9 nitrogen and oxygen atoms in total. The molecule has 3 atom stereocenters. The normalized spacial score (nSPS) is 15.3. The molecule has 3 unspecified atom stereocenters. The van der Waals surface area contributed by atoms with Crippen molar-refractivity contribution >= 4 is 17.7 Å². The SMILES string of the molecule is C=CC(=O)NC(C)COCC(CC)(COCC(C)NC(=O)C=C)COCC(C)NC(=O)C=C. The van der Waals surface area contributed by atoms with Crippen LogP contribution in [0.15, 0.2) is 38.0 Å². The van der Waals surface area contributed by atoms with Gasteiger partial charge < -0.3 is 30.2 Å². The van der Waals surface area contributed by atoms with Crippen LogP contribution < -0.4 is 16.0 Å². The Balaban J connectivity index is 4.92. The molecule has 0 saturated heterocycles. The van der Waals surface area contributed by atoms with Gasteiger partial charge in [0, 0.05) is 23.5 Å². The molecule has 0 aliphatic heterocycles. The molecular formula is C24H41N3O6. The highest BCUT2D eigenvalue weighted by Gasteiger charge is 2.30. The van der Waals surface area contributed by atoms with E-state index in [9.17, 15) is 14.4 Å². The lowest BCUT2D eigenvalue weighted by molar-refractivity contribution is -0.118. The van der Waals surface area contributed by atoms with E-state index in [4.69, 9.17) is 14.2 Å². The molecule has 188 valence electrons. The maximum absolute atomic E-state index is 11.4. The molecule has 0 rings (SSSR count). The van der Waals surface area contributed by atoms with Crippen molar-refractivity contribution in [3.8, 4) is 0 Å². The molecule has 0 aliphatic carbocycles. The van der Waals surface area contributed by atoms with Gasteiger partial charge in [0.2, 0.25) is 17.7 Å². The smallest absolute Gasteiger partial charge is 0.243 e. The fourth-order valence-corrected chi connectivity index (χ4v) is 2.82. The second kappa shape index (κ2) is 17.0. The minimum Gasteiger partial charge on any atom is -0.379 e. The van der Waals surface area contributed by atoms with Crippen LogP contribution in [0.4, 0.5) is 0 Å². The second-order valence-corrected chi connectivity index (χ2v) is 8.24. The molecule has 0 saturated carbocycles. The predicted molar refractivity (Wildman–Crippen MR) is 129 cm³/mol. The van der Waals surface area contributed by atoms with Gasteiger partial charge in [0.15, 0.2) is 0 Å². The highest BCUT2D eigenvalue weighted by Crippen LogP contribution is 2.24. The van der Waals surface area contributed by atoms with Crippen LogP contribution in [0.2, 0.25) is 0 Å². The van der Waals surface area contributed by atoms with Crippen LogP contribution in [0.3, 0.4) is 0 Å². The zero-order valence-corrected chi connectivity index (χ0v) is 20.5. The van der Waals surface area contributed by atoms with Crippen molar-refractivity contribution in [3.05, 3.63) is 38.0 Å². The number of ether oxygens (including phenoxy) is 3. The molecule has 9 heteroatoms. The number of carbonyl (C=O) groups is 3. The van der Waals surface area contributed by atoms with Gasteiger partial charge >= 0.3 is 0 Å². The predicted octanol–water partition coefficient (Wildman–Crippen LogP) is 1.50. The number of nitrogens with one attached hydrogen (secondary N) is 3. The van der Waals surface area contributed by atoms with Crippen LogP contribution in [0.25, 0.3) is 0 Å². The van der Waals surface area contributed by atoms with Gasteiger partial charge in [0.25, 0.3) is 0 Å². The van der Waals surface area contributed by atoms with Crippen molar-refractivity contribution in [3.63, 3.8) is 0 Å². The number of hydrogen-bond donors (Lipinski definition) is 3. The third-order valence-electron chi connectivity index (χ3n) is 4.80. The summed E-state index contributed by atoms with van der Waals surface area (Å²) in [5.41, 5.74) is -0.452. The third-order valence-corrected chi connectivity index (χ3v) is 4.80. The molecule has 3 amide bonds. The molecular weight excluding hydrogens is 426 g/mol. The Kier molecular flexibility index (Phi) is 15.8. The second-order valence-electron chi connectivity index (χ2n) is 8.24. The van der Waals surface area contributed by atoms with Crippen LogP contribution in [0, 0.1) is 5.41 Å². The fourth-order valence-electron chi connectivity index (χ4n) is 2.82. The Morgan fingerprint density at radius 2 is 0.970 bits per heavy atom. The lowest BCUT2D eigenvalue weighted by atomic mass is 9.88. The summed E-state index contributed by atoms with van der Waals surface area (Å²) in [7, 11) is 0. The Bertz CT molecular complexity index is 569. The summed E-state index contributed by atoms with van der Waals surface area (Å²) in [6.07, 6.45) is 4.36. The van der Waals surface area contributed by atoms with E-state index < -0.39 is 5.41 Å². The first-order chi connectivity index (χ1) is 15.6. The lowest BCUT2D eigenvalue weighted by Crippen LogP contribution is -2.42. The summed E-state index contributed by atoms with van der Waals surface area (Å²) in [6.45, 7) is 19.9. The first-order valence-corrected chi connectivity index (χ1v) is 11.1. The molecule has 0 spiro atoms. The fraction of sp³-hybridized carbons (Fsp3) is 0.625. The molecule has 3 N–H and O–H groups in total. The first-order valence-electron chi connectivity index (χ1n) is 11.1. The maximum Gasteiger partial charge on any atom is 0.243 e. The monoisotopic (exact) mass is 467 g/mol. The molecule has 0 bridgehead atoms. The standard InChI is InChI=1S/C24H41N3O6/c1-8-21(28)25-18(5)12-31-15-24(11-4,16-32-13-19(6)26-22(29)9-2)17-33-14-20(7)27-23(30)10-3/h8-10,18-20H,1-3,11-17H2,4-7H3,(H,25,28)(H,26,29)(H,27,30). The summed E-state index contributed by atoms with van der Waals surface area (Å²) < 4.78 is 17.7. The summed E-state index contributed by atoms with van der Waals surface area (Å²) in [5.74, 6) is -0.776. The summed E-state index contributed by atoms with van der Waals surface area (Å²) in [5, 5.41) is 8.27. The highest BCUT2D eigenvalue weighted by atomic mass is 16.5. The van der Waals surface area contributed by atoms with Crippen LogP contribution in [0.1, 0.15) is 34.1 Å². The van der Waals surface area contributed by atoms with E-state index in [-0.39, 0.29) is 35.8 Å². The highest BCUT2D eigenvalue weighted by molar-refractivity contribution is 5.87. The van der Waals surface area contributed by atoms with E-state index in [1.165, 1.54) is 18.2 Å². The Labute approximate surface area is 198 Å². The molecule has 33 heavy (non-hydrogen) atoms. The largest absolute Gasteiger partial charge is 0.379 e. The van der Waals surface area contributed by atoms with Gasteiger partial charge in [0.05, 0.1) is 39.6 Å². The van der Waals surface area contributed by atoms with E-state index in [2.05, 4.69) is 35.7 Å². The van der Waals surface area contributed by atoms with E-state index in [0.717, 1.165) is 0 Å². The minimum absolute atomic E-state index is 0.185. The summed E-state index contributed by atoms with van der Waals surface area (Å²) in [4.78, 5) is 34.3. The summed E-state index contributed by atoms with van der Waals surface area (Å²) >= 11 is 0. The van der Waals surface area contributed by atoms with Crippen LogP contribution in [-0.4, -0.2) is 75.5 Å².